The first-order chi connectivity index (χ1) is 13.6. The average Bonchev–Trinajstić information content (AvgIpc) is 3.21. The van der Waals surface area contributed by atoms with E-state index in [1.54, 1.807) is 22.9 Å². The molecule has 0 aliphatic carbocycles. The summed E-state index contributed by atoms with van der Waals surface area (Å²) in [5, 5.41) is 2.96. The molecule has 2 aromatic rings. The van der Waals surface area contributed by atoms with Crippen molar-refractivity contribution in [1.29, 1.82) is 0 Å². The minimum absolute atomic E-state index is 0.0703. The summed E-state index contributed by atoms with van der Waals surface area (Å²) < 4.78 is 5.85. The van der Waals surface area contributed by atoms with Crippen LogP contribution in [0.25, 0.3) is 0 Å². The Morgan fingerprint density at radius 2 is 2.14 bits per heavy atom. The van der Waals surface area contributed by atoms with E-state index in [-0.39, 0.29) is 16.7 Å². The number of carbonyl (C=O) groups excluding carboxylic acids is 2. The van der Waals surface area contributed by atoms with Crippen molar-refractivity contribution in [1.82, 2.24) is 15.2 Å². The molecule has 1 N–H and O–H groups in total. The Morgan fingerprint density at radius 1 is 1.32 bits per heavy atom. The zero-order chi connectivity index (χ0) is 19.6. The highest BCUT2D eigenvalue weighted by atomic mass is 32.2. The van der Waals surface area contributed by atoms with Gasteiger partial charge in [0.15, 0.2) is 0 Å². The third kappa shape index (κ3) is 3.71. The number of fused-ring (bicyclic) bond motifs is 1. The van der Waals surface area contributed by atoms with Gasteiger partial charge >= 0.3 is 0 Å². The van der Waals surface area contributed by atoms with Crippen LogP contribution < -0.4 is 10.1 Å². The zero-order valence-electron chi connectivity index (χ0n) is 15.8. The fourth-order valence-corrected chi connectivity index (χ4v) is 5.16. The van der Waals surface area contributed by atoms with E-state index in [1.807, 2.05) is 49.4 Å². The van der Waals surface area contributed by atoms with E-state index in [0.717, 1.165) is 17.5 Å². The summed E-state index contributed by atoms with van der Waals surface area (Å²) in [7, 11) is 0. The van der Waals surface area contributed by atoms with E-state index >= 15 is 0 Å². The van der Waals surface area contributed by atoms with Gasteiger partial charge in [0.2, 0.25) is 17.7 Å². The van der Waals surface area contributed by atoms with Crippen LogP contribution >= 0.6 is 11.8 Å². The molecule has 6 nitrogen and oxygen atoms in total. The fourth-order valence-electron chi connectivity index (χ4n) is 3.73. The van der Waals surface area contributed by atoms with Gasteiger partial charge in [-0.15, -0.1) is 11.8 Å². The molecule has 0 unspecified atom stereocenters. The number of pyridine rings is 1. The van der Waals surface area contributed by atoms with E-state index in [9.17, 15) is 9.59 Å². The number of ether oxygens (including phenoxy) is 1. The number of benzene rings is 1. The molecule has 2 saturated heterocycles. The number of hydrogen-bond donors (Lipinski definition) is 1. The van der Waals surface area contributed by atoms with Crippen LogP contribution in [0.15, 0.2) is 48.7 Å². The number of hydrogen-bond acceptors (Lipinski definition) is 5. The van der Waals surface area contributed by atoms with Crippen molar-refractivity contribution in [3.8, 4) is 5.88 Å². The maximum Gasteiger partial charge on any atom is 0.243 e. The van der Waals surface area contributed by atoms with Crippen molar-refractivity contribution in [3.05, 3.63) is 59.8 Å². The Labute approximate surface area is 168 Å². The number of nitrogens with one attached hydrogen (secondary N) is 1. The summed E-state index contributed by atoms with van der Waals surface area (Å²) in [6, 6.07) is 13.2. The summed E-state index contributed by atoms with van der Waals surface area (Å²) >= 11 is 1.69. The minimum atomic E-state index is -0.407. The van der Waals surface area contributed by atoms with Crippen LogP contribution in [0.3, 0.4) is 0 Å². The normalized spacial score (nSPS) is 23.5. The van der Waals surface area contributed by atoms with Crippen molar-refractivity contribution in [2.75, 3.05) is 5.75 Å². The largest absolute Gasteiger partial charge is 0.473 e. The minimum Gasteiger partial charge on any atom is -0.473 e. The third-order valence-corrected chi connectivity index (χ3v) is 6.77. The second kappa shape index (κ2) is 7.83. The smallest absolute Gasteiger partial charge is 0.243 e. The summed E-state index contributed by atoms with van der Waals surface area (Å²) in [6.45, 7) is 2.78. The van der Waals surface area contributed by atoms with Gasteiger partial charge in [-0.3, -0.25) is 9.59 Å². The lowest BCUT2D eigenvalue weighted by Gasteiger charge is -2.29. The van der Waals surface area contributed by atoms with Crippen molar-refractivity contribution in [2.45, 2.75) is 43.8 Å². The third-order valence-electron chi connectivity index (χ3n) is 5.27. The van der Waals surface area contributed by atoms with Crippen LogP contribution in [-0.2, 0) is 22.7 Å². The lowest BCUT2D eigenvalue weighted by molar-refractivity contribution is -0.138. The van der Waals surface area contributed by atoms with Crippen LogP contribution in [0, 0.1) is 0 Å². The quantitative estimate of drug-likeness (QED) is 0.812. The molecule has 0 radical (unpaired) electrons. The molecule has 0 spiro atoms. The molecule has 7 heteroatoms. The van der Waals surface area contributed by atoms with Crippen molar-refractivity contribution in [2.24, 2.45) is 0 Å². The Kier molecular flexibility index (Phi) is 5.26. The topological polar surface area (TPSA) is 71.5 Å². The molecule has 146 valence electrons. The van der Waals surface area contributed by atoms with Crippen LogP contribution in [-0.4, -0.2) is 38.4 Å². The molecule has 4 rings (SSSR count). The molecular formula is C21H23N3O3S. The Hall–Kier alpha value is -2.54. The predicted molar refractivity (Wildman–Crippen MR) is 108 cm³/mol. The van der Waals surface area contributed by atoms with Gasteiger partial charge in [0.1, 0.15) is 12.6 Å². The fraction of sp³-hybridized carbons (Fsp3) is 0.381. The summed E-state index contributed by atoms with van der Waals surface area (Å²) in [4.78, 5) is 30.8. The molecule has 1 aromatic carbocycles. The predicted octanol–water partition coefficient (Wildman–Crippen LogP) is 2.73. The van der Waals surface area contributed by atoms with Gasteiger partial charge < -0.3 is 15.0 Å². The van der Waals surface area contributed by atoms with Crippen LogP contribution in [0.5, 0.6) is 5.88 Å². The SMILES string of the molecule is C[C@]12CCC(=O)N1[C@H](C(=O)NCc1cccnc1OCc1ccccc1)CS2. The number of aromatic nitrogens is 1. The number of carbonyl (C=O) groups is 2. The first-order valence-corrected chi connectivity index (χ1v) is 10.4. The summed E-state index contributed by atoms with van der Waals surface area (Å²) in [6.07, 6.45) is 3.00. The Morgan fingerprint density at radius 3 is 2.96 bits per heavy atom. The maximum atomic E-state index is 12.8. The van der Waals surface area contributed by atoms with E-state index in [1.165, 1.54) is 0 Å². The standard InChI is InChI=1S/C21H23N3O3S/c1-21-10-9-18(25)24(21)17(14-28-21)19(26)23-12-16-8-5-11-22-20(16)27-13-15-6-3-2-4-7-15/h2-8,11,17H,9-10,12-14H2,1H3,(H,23,26)/t17-,21-/m0/s1. The first-order valence-electron chi connectivity index (χ1n) is 9.41. The van der Waals surface area contributed by atoms with Crippen LogP contribution in [0.1, 0.15) is 30.9 Å². The van der Waals surface area contributed by atoms with Crippen molar-refractivity contribution < 1.29 is 14.3 Å². The summed E-state index contributed by atoms with van der Waals surface area (Å²) in [5.41, 5.74) is 1.87. The van der Waals surface area contributed by atoms with Gasteiger partial charge in [0.05, 0.1) is 4.87 Å². The molecule has 2 aliphatic heterocycles. The number of rotatable bonds is 6. The molecule has 2 amide bonds. The lowest BCUT2D eigenvalue weighted by atomic mass is 10.2. The van der Waals surface area contributed by atoms with E-state index < -0.39 is 6.04 Å². The Bertz CT molecular complexity index is 876. The highest BCUT2D eigenvalue weighted by Gasteiger charge is 2.52. The molecule has 28 heavy (non-hydrogen) atoms. The zero-order valence-corrected chi connectivity index (χ0v) is 16.6. The van der Waals surface area contributed by atoms with Gasteiger partial charge in [-0.05, 0) is 25.0 Å². The van der Waals surface area contributed by atoms with E-state index in [2.05, 4.69) is 10.3 Å². The van der Waals surface area contributed by atoms with Gasteiger partial charge in [-0.1, -0.05) is 36.4 Å². The monoisotopic (exact) mass is 397 g/mol. The molecule has 2 aliphatic rings. The van der Waals surface area contributed by atoms with Gasteiger partial charge in [-0.25, -0.2) is 4.98 Å². The van der Waals surface area contributed by atoms with Crippen LogP contribution in [0.2, 0.25) is 0 Å². The van der Waals surface area contributed by atoms with E-state index in [0.29, 0.717) is 31.2 Å². The van der Waals surface area contributed by atoms with Gasteiger partial charge in [-0.2, -0.15) is 0 Å². The molecule has 0 bridgehead atoms. The number of thioether (sulfide) groups is 1. The number of amides is 2. The molecular weight excluding hydrogens is 374 g/mol. The lowest BCUT2D eigenvalue weighted by Crippen LogP contribution is -2.49. The van der Waals surface area contributed by atoms with Gasteiger partial charge in [0.25, 0.3) is 0 Å². The second-order valence-corrected chi connectivity index (χ2v) is 8.73. The molecule has 2 fully saturated rings. The summed E-state index contributed by atoms with van der Waals surface area (Å²) in [5.74, 6) is 1.10. The Balaban J connectivity index is 1.38. The average molecular weight is 398 g/mol. The van der Waals surface area contributed by atoms with E-state index in [4.69, 9.17) is 4.74 Å². The maximum absolute atomic E-state index is 12.8. The molecule has 1 aromatic heterocycles. The number of nitrogens with zero attached hydrogens (tertiary/aromatic N) is 2. The molecule has 2 atom stereocenters. The second-order valence-electron chi connectivity index (χ2n) is 7.23. The molecule has 3 heterocycles. The highest BCUT2D eigenvalue weighted by molar-refractivity contribution is 8.01. The highest BCUT2D eigenvalue weighted by Crippen LogP contribution is 2.47. The van der Waals surface area contributed by atoms with Crippen molar-refractivity contribution in [3.63, 3.8) is 0 Å². The van der Waals surface area contributed by atoms with Crippen LogP contribution in [0.4, 0.5) is 0 Å². The van der Waals surface area contributed by atoms with Gasteiger partial charge in [0, 0.05) is 30.5 Å². The molecule has 0 saturated carbocycles. The van der Waals surface area contributed by atoms with Crippen molar-refractivity contribution >= 4 is 23.6 Å². The first kappa shape index (κ1) is 18.8.